The predicted octanol–water partition coefficient (Wildman–Crippen LogP) is -2.28. The van der Waals surface area contributed by atoms with Crippen molar-refractivity contribution in [2.75, 3.05) is 27.7 Å². The van der Waals surface area contributed by atoms with E-state index < -0.39 is 53.1 Å². The van der Waals surface area contributed by atoms with Gasteiger partial charge in [0.05, 0.1) is 27.6 Å². The van der Waals surface area contributed by atoms with Crippen molar-refractivity contribution in [3.05, 3.63) is 12.2 Å². The lowest BCUT2D eigenvalue weighted by Gasteiger charge is -2.34. The van der Waals surface area contributed by atoms with E-state index in [0.29, 0.717) is 12.2 Å². The van der Waals surface area contributed by atoms with Gasteiger partial charge in [-0.25, -0.2) is 0 Å². The molecule has 24 heavy (non-hydrogen) atoms. The third-order valence-electron chi connectivity index (χ3n) is 3.69. The van der Waals surface area contributed by atoms with Crippen LogP contribution in [0, 0.1) is 5.41 Å². The van der Waals surface area contributed by atoms with Gasteiger partial charge in [-0.1, -0.05) is 0 Å². The maximum atomic E-state index is 12.4. The summed E-state index contributed by atoms with van der Waals surface area (Å²) in [5.74, 6) is -6.98. The van der Waals surface area contributed by atoms with Gasteiger partial charge in [-0.05, 0) is 12.2 Å². The molecule has 1 aliphatic rings. The third kappa shape index (κ3) is 3.64. The van der Waals surface area contributed by atoms with Crippen molar-refractivity contribution in [1.29, 1.82) is 0 Å². The number of aliphatic hydroxyl groups is 2. The number of ketones is 4. The number of aliphatic hydroxyl groups excluding tert-OH is 2. The molecule has 0 saturated carbocycles. The quantitative estimate of drug-likeness (QED) is 0.383. The van der Waals surface area contributed by atoms with Gasteiger partial charge in [0, 0.05) is 0 Å². The Balaban J connectivity index is 3.53. The fourth-order valence-electron chi connectivity index (χ4n) is 2.44. The molecule has 0 saturated heterocycles. The van der Waals surface area contributed by atoms with E-state index in [1.165, 1.54) is 0 Å². The molecule has 0 aliphatic heterocycles. The highest BCUT2D eigenvalue weighted by molar-refractivity contribution is 6.31. The lowest BCUT2D eigenvalue weighted by molar-refractivity contribution is -0.874. The van der Waals surface area contributed by atoms with Crippen LogP contribution < -0.4 is 0 Å². The van der Waals surface area contributed by atoms with Crippen LogP contribution in [0.25, 0.3) is 0 Å². The van der Waals surface area contributed by atoms with E-state index in [4.69, 9.17) is 0 Å². The molecule has 0 radical (unpaired) electrons. The van der Waals surface area contributed by atoms with Crippen LogP contribution in [0.15, 0.2) is 12.2 Å². The average Bonchev–Trinajstić information content (AvgIpc) is 2.43. The summed E-state index contributed by atoms with van der Waals surface area (Å²) in [6, 6.07) is 0. The first-order valence-electron chi connectivity index (χ1n) is 7.06. The van der Waals surface area contributed by atoms with Crippen LogP contribution in [0.4, 0.5) is 0 Å². The van der Waals surface area contributed by atoms with Gasteiger partial charge in [0.1, 0.15) is 12.6 Å². The Morgan fingerprint density at radius 3 is 2.25 bits per heavy atom. The molecule has 1 rings (SSSR count). The van der Waals surface area contributed by atoms with Gasteiger partial charge in [0.15, 0.2) is 29.2 Å². The van der Waals surface area contributed by atoms with Crippen LogP contribution >= 0.6 is 0 Å². The van der Waals surface area contributed by atoms with Crippen molar-refractivity contribution in [2.45, 2.75) is 18.6 Å². The smallest absolute Gasteiger partial charge is 0.328 e. The first-order valence-corrected chi connectivity index (χ1v) is 7.06. The number of quaternary nitrogens is 1. The van der Waals surface area contributed by atoms with E-state index in [0.717, 1.165) is 0 Å². The van der Waals surface area contributed by atoms with E-state index in [-0.39, 0.29) is 11.0 Å². The van der Waals surface area contributed by atoms with Gasteiger partial charge in [-0.15, -0.1) is 0 Å². The van der Waals surface area contributed by atoms with Gasteiger partial charge in [0.2, 0.25) is 5.41 Å². The van der Waals surface area contributed by atoms with Crippen molar-refractivity contribution in [3.8, 4) is 0 Å². The molecule has 0 amide bonds. The Morgan fingerprint density at radius 2 is 1.79 bits per heavy atom. The normalized spacial score (nSPS) is 27.5. The average molecular weight is 342 g/mol. The Bertz CT molecular complexity index is 630. The summed E-state index contributed by atoms with van der Waals surface area (Å²) in [5, 5.41) is 29.4. The van der Waals surface area contributed by atoms with E-state index in [1.807, 2.05) is 0 Å². The SMILES string of the molecule is C[N+](C)(C)CC(O)C1(C(=O)O)C(=O)C=CC(=O)C(O)C(=O)CC1=O. The number of carboxylic acid groups (broad SMARTS) is 1. The second-order valence-electron chi connectivity index (χ2n) is 6.67. The van der Waals surface area contributed by atoms with Gasteiger partial charge in [-0.2, -0.15) is 0 Å². The molecule has 0 spiro atoms. The van der Waals surface area contributed by atoms with Crippen molar-refractivity contribution in [1.82, 2.24) is 0 Å². The molecule has 3 N–H and O–H groups in total. The largest absolute Gasteiger partial charge is 0.480 e. The topological polar surface area (TPSA) is 146 Å². The number of Topliss-reactive ketones (excluding diaryl/α,β-unsaturated/α-hetero) is 2. The van der Waals surface area contributed by atoms with E-state index in [1.54, 1.807) is 21.1 Å². The maximum Gasteiger partial charge on any atom is 0.328 e. The molecule has 9 heteroatoms. The summed E-state index contributed by atoms with van der Waals surface area (Å²) in [6.07, 6.45) is -4.19. The number of rotatable bonds is 4. The van der Waals surface area contributed by atoms with E-state index >= 15 is 0 Å². The number of carbonyl (C=O) groups excluding carboxylic acids is 4. The Labute approximate surface area is 137 Å². The van der Waals surface area contributed by atoms with Crippen LogP contribution in [0.5, 0.6) is 0 Å². The van der Waals surface area contributed by atoms with Crippen LogP contribution in [-0.2, 0) is 24.0 Å². The summed E-state index contributed by atoms with van der Waals surface area (Å²) < 4.78 is 0.0377. The van der Waals surface area contributed by atoms with Crippen molar-refractivity contribution < 1.29 is 43.8 Å². The zero-order valence-corrected chi connectivity index (χ0v) is 13.6. The standard InChI is InChI=1S/C15H19NO8/c1-16(2,3)7-12(21)15(14(23)24)10(19)5-4-8(17)13(22)9(18)6-11(15)20/h4-5,12-13,21-22H,6-7H2,1-3H3/p+1. The first-order chi connectivity index (χ1) is 10.8. The number of hydrogen-bond donors (Lipinski definition) is 3. The highest BCUT2D eigenvalue weighted by Crippen LogP contribution is 2.30. The minimum absolute atomic E-state index is 0.0377. The number of likely N-dealkylation sites (N-methyl/N-ethyl adjacent to an activating group) is 1. The van der Waals surface area contributed by atoms with Gasteiger partial charge >= 0.3 is 5.97 Å². The molecule has 0 aromatic heterocycles. The lowest BCUT2D eigenvalue weighted by Crippen LogP contribution is -2.59. The molecule has 0 aromatic rings. The third-order valence-corrected chi connectivity index (χ3v) is 3.69. The van der Waals surface area contributed by atoms with E-state index in [9.17, 15) is 39.3 Å². The Kier molecular flexibility index (Phi) is 5.54. The van der Waals surface area contributed by atoms with E-state index in [2.05, 4.69) is 0 Å². The molecule has 9 nitrogen and oxygen atoms in total. The molecular weight excluding hydrogens is 322 g/mol. The number of nitrogens with zero attached hydrogens (tertiary/aromatic N) is 1. The zero-order chi connectivity index (χ0) is 18.9. The van der Waals surface area contributed by atoms with Gasteiger partial charge in [-0.3, -0.25) is 24.0 Å². The maximum absolute atomic E-state index is 12.4. The highest BCUT2D eigenvalue weighted by atomic mass is 16.4. The second-order valence-corrected chi connectivity index (χ2v) is 6.67. The van der Waals surface area contributed by atoms with Crippen molar-refractivity contribution in [2.24, 2.45) is 5.41 Å². The monoisotopic (exact) mass is 342 g/mol. The number of allylic oxidation sites excluding steroid dienone is 1. The molecule has 0 aromatic carbocycles. The molecular formula is C15H20NO8+. The molecule has 132 valence electrons. The number of hydrogen-bond acceptors (Lipinski definition) is 7. The summed E-state index contributed by atoms with van der Waals surface area (Å²) >= 11 is 0. The zero-order valence-electron chi connectivity index (χ0n) is 13.6. The molecule has 0 bridgehead atoms. The van der Waals surface area contributed by atoms with Gasteiger partial charge < -0.3 is 19.8 Å². The summed E-state index contributed by atoms with van der Waals surface area (Å²) in [7, 11) is 4.82. The fraction of sp³-hybridized carbons (Fsp3) is 0.533. The Morgan fingerprint density at radius 1 is 1.25 bits per heavy atom. The minimum atomic E-state index is -2.91. The fourth-order valence-corrected chi connectivity index (χ4v) is 2.44. The van der Waals surface area contributed by atoms with Crippen molar-refractivity contribution in [3.63, 3.8) is 0 Å². The van der Waals surface area contributed by atoms with Crippen LogP contribution in [0.3, 0.4) is 0 Å². The number of carbonyl (C=O) groups is 5. The van der Waals surface area contributed by atoms with Crippen LogP contribution in [0.1, 0.15) is 6.42 Å². The Hall–Kier alpha value is -2.23. The lowest BCUT2D eigenvalue weighted by atomic mass is 9.72. The van der Waals surface area contributed by atoms with Crippen LogP contribution in [-0.4, -0.2) is 88.8 Å². The minimum Gasteiger partial charge on any atom is -0.480 e. The summed E-state index contributed by atoms with van der Waals surface area (Å²) in [6.45, 7) is -0.275. The second kappa shape index (κ2) is 6.71. The molecule has 3 unspecified atom stereocenters. The highest BCUT2D eigenvalue weighted by Gasteiger charge is 2.59. The number of carboxylic acids is 1. The molecule has 3 atom stereocenters. The molecule has 1 aliphatic carbocycles. The van der Waals surface area contributed by atoms with Crippen molar-refractivity contribution >= 4 is 29.1 Å². The number of aliphatic carboxylic acids is 1. The molecule has 0 heterocycles. The van der Waals surface area contributed by atoms with Gasteiger partial charge in [0.25, 0.3) is 0 Å². The predicted molar refractivity (Wildman–Crippen MR) is 78.8 cm³/mol. The summed E-state index contributed by atoms with van der Waals surface area (Å²) in [5.41, 5.74) is -2.91. The summed E-state index contributed by atoms with van der Waals surface area (Å²) in [4.78, 5) is 59.9. The molecule has 0 fully saturated rings. The van der Waals surface area contributed by atoms with Crippen LogP contribution in [0.2, 0.25) is 0 Å². The first kappa shape index (κ1) is 19.8.